The topological polar surface area (TPSA) is 96.6 Å². The average Bonchev–Trinajstić information content (AvgIpc) is 3.20. The maximum Gasteiger partial charge on any atom is 0.216 e. The summed E-state index contributed by atoms with van der Waals surface area (Å²) in [6, 6.07) is 7.94. The van der Waals surface area contributed by atoms with Crippen molar-refractivity contribution in [1.29, 1.82) is 0 Å². The summed E-state index contributed by atoms with van der Waals surface area (Å²) in [4.78, 5) is 8.74. The van der Waals surface area contributed by atoms with E-state index in [0.717, 1.165) is 5.56 Å². The maximum atomic E-state index is 11.6. The van der Waals surface area contributed by atoms with Crippen LogP contribution in [-0.4, -0.2) is 43.5 Å². The lowest BCUT2D eigenvalue weighted by molar-refractivity contribution is 0.508. The van der Waals surface area contributed by atoms with Crippen LogP contribution in [0, 0.1) is 6.92 Å². The zero-order valence-corrected chi connectivity index (χ0v) is 18.6. The van der Waals surface area contributed by atoms with E-state index in [9.17, 15) is 8.42 Å². The van der Waals surface area contributed by atoms with E-state index in [1.54, 1.807) is 6.20 Å². The smallest absolute Gasteiger partial charge is 0.216 e. The van der Waals surface area contributed by atoms with Gasteiger partial charge in [-0.25, -0.2) is 18.4 Å². The van der Waals surface area contributed by atoms with Crippen LogP contribution < -0.4 is 10.6 Å². The molecule has 1 aliphatic rings. The van der Waals surface area contributed by atoms with Crippen LogP contribution in [0.15, 0.2) is 39.9 Å². The van der Waals surface area contributed by atoms with E-state index in [4.69, 9.17) is 4.42 Å². The van der Waals surface area contributed by atoms with Gasteiger partial charge in [-0.2, -0.15) is 0 Å². The molecule has 7 nitrogen and oxygen atoms in total. The summed E-state index contributed by atoms with van der Waals surface area (Å²) >= 11 is 0. The fraction of sp³-hybridized carbons (Fsp3) is 0.444. The molecule has 0 spiro atoms. The molecule has 9 heteroatoms. The molecule has 0 aliphatic carbocycles. The second-order valence-electron chi connectivity index (χ2n) is 6.42. The number of aromatic nitrogens is 1. The highest BCUT2D eigenvalue weighted by Crippen LogP contribution is 2.21. The van der Waals surface area contributed by atoms with Gasteiger partial charge in [-0.15, -0.1) is 24.0 Å². The summed E-state index contributed by atoms with van der Waals surface area (Å²) in [6.45, 7) is 4.96. The van der Waals surface area contributed by atoms with Gasteiger partial charge in [0.15, 0.2) is 21.6 Å². The molecule has 1 aromatic heterocycles. The van der Waals surface area contributed by atoms with Gasteiger partial charge in [-0.3, -0.25) is 0 Å². The van der Waals surface area contributed by atoms with Gasteiger partial charge in [0.05, 0.1) is 17.7 Å². The Morgan fingerprint density at radius 1 is 1.33 bits per heavy atom. The van der Waals surface area contributed by atoms with Crippen molar-refractivity contribution in [3.63, 3.8) is 0 Å². The van der Waals surface area contributed by atoms with E-state index in [2.05, 4.69) is 20.6 Å². The van der Waals surface area contributed by atoms with Gasteiger partial charge in [-0.1, -0.05) is 29.8 Å². The fourth-order valence-electron chi connectivity index (χ4n) is 2.80. The lowest BCUT2D eigenvalue weighted by Crippen LogP contribution is -2.44. The predicted octanol–water partition coefficient (Wildman–Crippen LogP) is 2.51. The van der Waals surface area contributed by atoms with Crippen molar-refractivity contribution in [2.75, 3.05) is 18.1 Å². The molecule has 3 rings (SSSR count). The van der Waals surface area contributed by atoms with Crippen molar-refractivity contribution in [3.05, 3.63) is 41.9 Å². The van der Waals surface area contributed by atoms with Crippen LogP contribution >= 0.6 is 24.0 Å². The second-order valence-corrected chi connectivity index (χ2v) is 8.65. The zero-order valence-electron chi connectivity index (χ0n) is 15.4. The van der Waals surface area contributed by atoms with Crippen molar-refractivity contribution >= 4 is 39.8 Å². The van der Waals surface area contributed by atoms with Crippen LogP contribution in [0.5, 0.6) is 0 Å². The molecule has 1 unspecified atom stereocenters. The number of benzene rings is 1. The fourth-order valence-corrected chi connectivity index (χ4v) is 4.48. The number of halogens is 1. The number of nitrogens with one attached hydrogen (secondary N) is 2. The number of sulfone groups is 1. The normalized spacial score (nSPS) is 18.7. The van der Waals surface area contributed by atoms with Crippen LogP contribution in [0.2, 0.25) is 0 Å². The maximum absolute atomic E-state index is 11.6. The van der Waals surface area contributed by atoms with E-state index in [0.29, 0.717) is 30.6 Å². The molecule has 148 valence electrons. The molecule has 2 heterocycles. The van der Waals surface area contributed by atoms with Crippen LogP contribution in [-0.2, 0) is 16.4 Å². The molecule has 1 aromatic carbocycles. The first-order chi connectivity index (χ1) is 12.4. The Kier molecular flexibility index (Phi) is 7.66. The van der Waals surface area contributed by atoms with Gasteiger partial charge in [-0.05, 0) is 20.3 Å². The van der Waals surface area contributed by atoms with E-state index < -0.39 is 9.84 Å². The number of aryl methyl sites for hydroxylation is 1. The molecule has 0 bridgehead atoms. The van der Waals surface area contributed by atoms with Crippen molar-refractivity contribution in [2.24, 2.45) is 4.99 Å². The average molecular weight is 504 g/mol. The van der Waals surface area contributed by atoms with Crippen molar-refractivity contribution < 1.29 is 12.8 Å². The molecule has 0 saturated carbocycles. The van der Waals surface area contributed by atoms with E-state index in [1.807, 2.05) is 38.1 Å². The first-order valence-corrected chi connectivity index (χ1v) is 10.5. The predicted molar refractivity (Wildman–Crippen MR) is 117 cm³/mol. The van der Waals surface area contributed by atoms with Crippen molar-refractivity contribution in [3.8, 4) is 11.3 Å². The van der Waals surface area contributed by atoms with E-state index >= 15 is 0 Å². The highest BCUT2D eigenvalue weighted by molar-refractivity contribution is 14.0. The summed E-state index contributed by atoms with van der Waals surface area (Å²) in [5, 5.41) is 6.30. The first kappa shape index (κ1) is 21.7. The molecular formula is C18H25IN4O3S. The standard InChI is InChI=1S/C18H24N4O3S.HI/c1-3-19-18(22-15-8-9-26(23,24)12-15)21-11-17-20-10-16(25-17)14-6-4-13(2)5-7-14;/h4-7,10,15H,3,8-9,11-12H2,1-2H3,(H2,19,21,22);1H. The van der Waals surface area contributed by atoms with E-state index in [-0.39, 0.29) is 48.1 Å². The Morgan fingerprint density at radius 2 is 2.07 bits per heavy atom. The molecule has 1 atom stereocenters. The third-order valence-corrected chi connectivity index (χ3v) is 5.95. The number of nitrogens with zero attached hydrogens (tertiary/aromatic N) is 2. The van der Waals surface area contributed by atoms with Crippen molar-refractivity contribution in [2.45, 2.75) is 32.9 Å². The number of rotatable bonds is 5. The molecule has 1 aliphatic heterocycles. The minimum Gasteiger partial charge on any atom is -0.439 e. The Morgan fingerprint density at radius 3 is 2.70 bits per heavy atom. The lowest BCUT2D eigenvalue weighted by Gasteiger charge is -2.15. The Bertz CT molecular complexity index is 878. The molecule has 1 fully saturated rings. The molecule has 27 heavy (non-hydrogen) atoms. The summed E-state index contributed by atoms with van der Waals surface area (Å²) in [7, 11) is -2.93. The molecule has 2 N–H and O–H groups in total. The SMILES string of the molecule is CCNC(=NCc1ncc(-c2ccc(C)cc2)o1)NC1CCS(=O)(=O)C1.I. The molecule has 0 amide bonds. The summed E-state index contributed by atoms with van der Waals surface area (Å²) in [5.74, 6) is 2.16. The van der Waals surface area contributed by atoms with Gasteiger partial charge >= 0.3 is 0 Å². The lowest BCUT2D eigenvalue weighted by atomic mass is 10.1. The molecule has 0 radical (unpaired) electrons. The summed E-state index contributed by atoms with van der Waals surface area (Å²) in [5.41, 5.74) is 2.16. The Hall–Kier alpha value is -1.62. The number of guanidine groups is 1. The van der Waals surface area contributed by atoms with Crippen LogP contribution in [0.3, 0.4) is 0 Å². The molecule has 2 aromatic rings. The summed E-state index contributed by atoms with van der Waals surface area (Å²) < 4.78 is 29.0. The first-order valence-electron chi connectivity index (χ1n) is 8.72. The third kappa shape index (κ3) is 6.20. The van der Waals surface area contributed by atoms with Gasteiger partial charge in [0.1, 0.15) is 6.54 Å². The molecule has 1 saturated heterocycles. The van der Waals surface area contributed by atoms with E-state index in [1.165, 1.54) is 5.56 Å². The number of oxazole rings is 1. The number of hydrogen-bond acceptors (Lipinski definition) is 5. The monoisotopic (exact) mass is 504 g/mol. The molecular weight excluding hydrogens is 479 g/mol. The van der Waals surface area contributed by atoms with Crippen molar-refractivity contribution in [1.82, 2.24) is 15.6 Å². The number of aliphatic imine (C=N–C) groups is 1. The van der Waals surface area contributed by atoms with Gasteiger partial charge in [0.2, 0.25) is 5.89 Å². The number of hydrogen-bond donors (Lipinski definition) is 2. The highest BCUT2D eigenvalue weighted by Gasteiger charge is 2.28. The highest BCUT2D eigenvalue weighted by atomic mass is 127. The summed E-state index contributed by atoms with van der Waals surface area (Å²) in [6.07, 6.45) is 2.29. The van der Waals surface area contributed by atoms with Crippen LogP contribution in [0.25, 0.3) is 11.3 Å². The minimum atomic E-state index is -2.93. The Labute approximate surface area is 177 Å². The largest absolute Gasteiger partial charge is 0.439 e. The van der Waals surface area contributed by atoms with Gasteiger partial charge in [0, 0.05) is 18.2 Å². The zero-order chi connectivity index (χ0) is 18.6. The van der Waals surface area contributed by atoms with Gasteiger partial charge < -0.3 is 15.1 Å². The Balaban J connectivity index is 0.00000261. The third-order valence-electron chi connectivity index (χ3n) is 4.18. The van der Waals surface area contributed by atoms with Crippen LogP contribution in [0.4, 0.5) is 0 Å². The second kappa shape index (κ2) is 9.54. The van der Waals surface area contributed by atoms with Gasteiger partial charge in [0.25, 0.3) is 0 Å². The minimum absolute atomic E-state index is 0. The van der Waals surface area contributed by atoms with Crippen LogP contribution in [0.1, 0.15) is 24.8 Å². The quantitative estimate of drug-likeness (QED) is 0.369.